The van der Waals surface area contributed by atoms with Crippen LogP contribution in [0.4, 0.5) is 0 Å². The van der Waals surface area contributed by atoms with Crippen LogP contribution in [0.25, 0.3) is 0 Å². The van der Waals surface area contributed by atoms with E-state index in [0.717, 1.165) is 4.34 Å². The first-order chi connectivity index (χ1) is 5.27. The van der Waals surface area contributed by atoms with Crippen molar-refractivity contribution in [2.75, 3.05) is 0 Å². The standard InChI is InChI=1S/C8H13NS2/c1-3-6(4-2)7-5-9-8(10)11-7/h5-6H,3-4H2,1-2H3,(H,9,10). The van der Waals surface area contributed by atoms with Gasteiger partial charge in [0.25, 0.3) is 0 Å². The number of thiazole rings is 1. The number of nitrogens with zero attached hydrogens (tertiary/aromatic N) is 1. The average molecular weight is 187 g/mol. The molecule has 1 rings (SSSR count). The second-order valence-electron chi connectivity index (χ2n) is 2.56. The lowest BCUT2D eigenvalue weighted by Crippen LogP contribution is -1.90. The summed E-state index contributed by atoms with van der Waals surface area (Å²) in [5, 5.41) is 0. The Balaban J connectivity index is 2.73. The van der Waals surface area contributed by atoms with Gasteiger partial charge >= 0.3 is 0 Å². The Morgan fingerprint density at radius 3 is 2.55 bits per heavy atom. The first kappa shape index (κ1) is 9.07. The van der Waals surface area contributed by atoms with Gasteiger partial charge in [-0.15, -0.1) is 24.0 Å². The molecule has 0 atom stereocenters. The fraction of sp³-hybridized carbons (Fsp3) is 0.625. The van der Waals surface area contributed by atoms with Gasteiger partial charge in [-0.1, -0.05) is 13.8 Å². The Kier molecular flexibility index (Phi) is 3.40. The van der Waals surface area contributed by atoms with Crippen molar-refractivity contribution in [1.82, 2.24) is 4.98 Å². The molecule has 11 heavy (non-hydrogen) atoms. The van der Waals surface area contributed by atoms with E-state index in [4.69, 9.17) is 0 Å². The van der Waals surface area contributed by atoms with Crippen LogP contribution in [0.2, 0.25) is 0 Å². The third-order valence-corrected chi connectivity index (χ3v) is 3.25. The average Bonchev–Trinajstić information content (AvgIpc) is 2.39. The highest BCUT2D eigenvalue weighted by atomic mass is 32.2. The van der Waals surface area contributed by atoms with Gasteiger partial charge < -0.3 is 0 Å². The maximum absolute atomic E-state index is 4.18. The SMILES string of the molecule is CCC(CC)c1cnc(S)s1. The van der Waals surface area contributed by atoms with E-state index in [9.17, 15) is 0 Å². The van der Waals surface area contributed by atoms with Crippen molar-refractivity contribution < 1.29 is 0 Å². The predicted octanol–water partition coefficient (Wildman–Crippen LogP) is 3.34. The number of hydrogen-bond donors (Lipinski definition) is 1. The zero-order chi connectivity index (χ0) is 8.27. The zero-order valence-corrected chi connectivity index (χ0v) is 8.58. The zero-order valence-electron chi connectivity index (χ0n) is 6.87. The molecular weight excluding hydrogens is 174 g/mol. The highest BCUT2D eigenvalue weighted by molar-refractivity contribution is 7.82. The van der Waals surface area contributed by atoms with Gasteiger partial charge in [0.1, 0.15) is 4.34 Å². The molecule has 0 aliphatic heterocycles. The summed E-state index contributed by atoms with van der Waals surface area (Å²) in [5.74, 6) is 0.688. The van der Waals surface area contributed by atoms with Crippen LogP contribution < -0.4 is 0 Å². The highest BCUT2D eigenvalue weighted by Gasteiger charge is 2.08. The molecule has 0 aliphatic rings. The third kappa shape index (κ3) is 2.20. The summed E-state index contributed by atoms with van der Waals surface area (Å²) >= 11 is 5.88. The molecular formula is C8H13NS2. The van der Waals surface area contributed by atoms with Gasteiger partial charge in [0.15, 0.2) is 0 Å². The van der Waals surface area contributed by atoms with Crippen LogP contribution in [0, 0.1) is 0 Å². The molecule has 0 fully saturated rings. The van der Waals surface area contributed by atoms with Crippen molar-refractivity contribution in [1.29, 1.82) is 0 Å². The molecule has 0 spiro atoms. The van der Waals surface area contributed by atoms with Gasteiger partial charge in [0.05, 0.1) is 0 Å². The first-order valence-corrected chi connectivity index (χ1v) is 5.19. The van der Waals surface area contributed by atoms with Crippen molar-refractivity contribution in [3.63, 3.8) is 0 Å². The van der Waals surface area contributed by atoms with E-state index >= 15 is 0 Å². The first-order valence-electron chi connectivity index (χ1n) is 3.92. The van der Waals surface area contributed by atoms with Gasteiger partial charge in [0.2, 0.25) is 0 Å². The van der Waals surface area contributed by atoms with Gasteiger partial charge in [-0.2, -0.15) is 0 Å². The predicted molar refractivity (Wildman–Crippen MR) is 52.7 cm³/mol. The van der Waals surface area contributed by atoms with Crippen LogP contribution in [-0.2, 0) is 0 Å². The topological polar surface area (TPSA) is 12.9 Å². The van der Waals surface area contributed by atoms with E-state index in [1.165, 1.54) is 17.7 Å². The van der Waals surface area contributed by atoms with Crippen molar-refractivity contribution in [3.05, 3.63) is 11.1 Å². The molecule has 0 aliphatic carbocycles. The van der Waals surface area contributed by atoms with Gasteiger partial charge in [-0.3, -0.25) is 0 Å². The minimum atomic E-state index is 0.688. The van der Waals surface area contributed by atoms with E-state index in [2.05, 4.69) is 31.5 Å². The minimum Gasteiger partial charge on any atom is -0.238 e. The van der Waals surface area contributed by atoms with Crippen LogP contribution in [0.15, 0.2) is 10.5 Å². The molecule has 1 heterocycles. The lowest BCUT2D eigenvalue weighted by Gasteiger charge is -2.07. The van der Waals surface area contributed by atoms with Crippen molar-refractivity contribution in [3.8, 4) is 0 Å². The molecule has 0 aromatic carbocycles. The molecule has 0 saturated carbocycles. The number of thiol groups is 1. The minimum absolute atomic E-state index is 0.688. The fourth-order valence-electron chi connectivity index (χ4n) is 1.16. The van der Waals surface area contributed by atoms with Gasteiger partial charge in [0, 0.05) is 11.1 Å². The number of aromatic nitrogens is 1. The van der Waals surface area contributed by atoms with Gasteiger partial charge in [-0.25, -0.2) is 4.98 Å². The van der Waals surface area contributed by atoms with Gasteiger partial charge in [-0.05, 0) is 18.8 Å². The maximum Gasteiger partial charge on any atom is 0.146 e. The number of rotatable bonds is 3. The second-order valence-corrected chi connectivity index (χ2v) is 4.35. The van der Waals surface area contributed by atoms with E-state index in [0.29, 0.717) is 5.92 Å². The Morgan fingerprint density at radius 1 is 1.55 bits per heavy atom. The van der Waals surface area contributed by atoms with Crippen molar-refractivity contribution >= 4 is 24.0 Å². The quantitative estimate of drug-likeness (QED) is 0.716. The maximum atomic E-state index is 4.18. The molecule has 0 radical (unpaired) electrons. The van der Waals surface area contributed by atoms with Crippen LogP contribution in [0.3, 0.4) is 0 Å². The van der Waals surface area contributed by atoms with Crippen LogP contribution in [-0.4, -0.2) is 4.98 Å². The fourth-order valence-corrected chi connectivity index (χ4v) is 2.45. The highest BCUT2D eigenvalue weighted by Crippen LogP contribution is 2.28. The Labute approximate surface area is 77.3 Å². The van der Waals surface area contributed by atoms with Crippen molar-refractivity contribution in [2.24, 2.45) is 0 Å². The Hall–Kier alpha value is -0.0200. The normalized spacial score (nSPS) is 10.9. The summed E-state index contributed by atoms with van der Waals surface area (Å²) in [6, 6.07) is 0. The molecule has 0 bridgehead atoms. The molecule has 3 heteroatoms. The molecule has 0 amide bonds. The molecule has 0 unspecified atom stereocenters. The Morgan fingerprint density at radius 2 is 2.18 bits per heavy atom. The molecule has 0 N–H and O–H groups in total. The summed E-state index contributed by atoms with van der Waals surface area (Å²) in [7, 11) is 0. The summed E-state index contributed by atoms with van der Waals surface area (Å²) in [6.45, 7) is 4.43. The van der Waals surface area contributed by atoms with Crippen LogP contribution in [0.1, 0.15) is 37.5 Å². The summed E-state index contributed by atoms with van der Waals surface area (Å²) in [5.41, 5.74) is 0. The molecule has 1 aromatic rings. The van der Waals surface area contributed by atoms with Crippen LogP contribution >= 0.6 is 24.0 Å². The summed E-state index contributed by atoms with van der Waals surface area (Å²) in [4.78, 5) is 5.49. The lowest BCUT2D eigenvalue weighted by molar-refractivity contribution is 0.652. The molecule has 62 valence electrons. The second kappa shape index (κ2) is 4.12. The largest absolute Gasteiger partial charge is 0.238 e. The lowest BCUT2D eigenvalue weighted by atomic mass is 10.0. The van der Waals surface area contributed by atoms with Crippen LogP contribution in [0.5, 0.6) is 0 Å². The van der Waals surface area contributed by atoms with E-state index in [-0.39, 0.29) is 0 Å². The van der Waals surface area contributed by atoms with E-state index in [1.807, 2.05) is 6.20 Å². The monoisotopic (exact) mass is 187 g/mol. The molecule has 1 nitrogen and oxygen atoms in total. The van der Waals surface area contributed by atoms with Crippen molar-refractivity contribution in [2.45, 2.75) is 36.9 Å². The van der Waals surface area contributed by atoms with E-state index in [1.54, 1.807) is 11.3 Å². The molecule has 1 aromatic heterocycles. The third-order valence-electron chi connectivity index (χ3n) is 1.90. The van der Waals surface area contributed by atoms with E-state index < -0.39 is 0 Å². The Bertz CT molecular complexity index is 216. The molecule has 0 saturated heterocycles. The summed E-state index contributed by atoms with van der Waals surface area (Å²) < 4.78 is 0.881. The smallest absolute Gasteiger partial charge is 0.146 e. The summed E-state index contributed by atoms with van der Waals surface area (Å²) in [6.07, 6.45) is 4.35. The number of hydrogen-bond acceptors (Lipinski definition) is 3.